The number of carbonyl (C=O) groups excluding carboxylic acids is 2. The van der Waals surface area contributed by atoms with Crippen LogP contribution in [0.25, 0.3) is 0 Å². The third kappa shape index (κ3) is 5.06. The van der Waals surface area contributed by atoms with Gasteiger partial charge in [0, 0.05) is 6.07 Å². The molecule has 0 aliphatic heterocycles. The average molecular weight is 370 g/mol. The Hall–Kier alpha value is -2.85. The van der Waals surface area contributed by atoms with Gasteiger partial charge in [-0.15, -0.1) is 0 Å². The van der Waals surface area contributed by atoms with Crippen LogP contribution in [0.3, 0.4) is 0 Å². The van der Waals surface area contributed by atoms with Crippen molar-refractivity contribution in [2.24, 2.45) is 5.14 Å². The lowest BCUT2D eigenvalue weighted by atomic mass is 10.2. The number of primary sulfonamides is 1. The maximum absolute atomic E-state index is 13.4. The smallest absolute Gasteiger partial charge is 0.338 e. The molecule has 0 atom stereocenters. The minimum absolute atomic E-state index is 0.0165. The van der Waals surface area contributed by atoms with Gasteiger partial charge in [-0.2, -0.15) is 0 Å². The molecule has 0 bridgehead atoms. The summed E-state index contributed by atoms with van der Waals surface area (Å²) in [4.78, 5) is 23.2. The Morgan fingerprint density at radius 1 is 1.08 bits per heavy atom. The summed E-state index contributed by atoms with van der Waals surface area (Å²) in [7, 11) is -3.90. The number of rotatable bonds is 5. The summed E-state index contributed by atoms with van der Waals surface area (Å²) in [6.07, 6.45) is 0. The molecule has 0 saturated heterocycles. The van der Waals surface area contributed by atoms with E-state index in [1.54, 1.807) is 0 Å². The molecule has 2 aromatic rings. The fourth-order valence-electron chi connectivity index (χ4n) is 1.77. The van der Waals surface area contributed by atoms with Gasteiger partial charge in [0.25, 0.3) is 5.91 Å². The molecule has 132 valence electrons. The Morgan fingerprint density at radius 3 is 2.32 bits per heavy atom. The van der Waals surface area contributed by atoms with Crippen LogP contribution in [0.1, 0.15) is 10.4 Å². The Morgan fingerprint density at radius 2 is 1.72 bits per heavy atom. The molecule has 0 unspecified atom stereocenters. The van der Waals surface area contributed by atoms with E-state index in [-0.39, 0.29) is 10.5 Å². The molecular formula is C15H12F2N2O5S. The number of amides is 1. The van der Waals surface area contributed by atoms with Crippen molar-refractivity contribution in [1.82, 2.24) is 0 Å². The fraction of sp³-hybridized carbons (Fsp3) is 0.0667. The number of halogens is 2. The quantitative estimate of drug-likeness (QED) is 0.772. The first-order chi connectivity index (χ1) is 11.7. The summed E-state index contributed by atoms with van der Waals surface area (Å²) < 4.78 is 53.3. The number of nitrogens with two attached hydrogens (primary N) is 1. The van der Waals surface area contributed by atoms with E-state index in [4.69, 9.17) is 9.88 Å². The Bertz CT molecular complexity index is 914. The summed E-state index contributed by atoms with van der Waals surface area (Å²) in [5.41, 5.74) is -0.407. The molecule has 0 fully saturated rings. The lowest BCUT2D eigenvalue weighted by molar-refractivity contribution is -0.119. The number of esters is 1. The van der Waals surface area contributed by atoms with Crippen LogP contribution < -0.4 is 10.5 Å². The standard InChI is InChI=1S/C15H12F2N2O5S/c16-10-3-6-12(17)13(7-10)19-14(20)8-24-15(21)9-1-4-11(5-2-9)25(18,22)23/h1-7H,8H2,(H,19,20)(H2,18,22,23). The molecule has 25 heavy (non-hydrogen) atoms. The number of benzene rings is 2. The number of nitrogens with one attached hydrogen (secondary N) is 1. The van der Waals surface area contributed by atoms with Gasteiger partial charge in [0.05, 0.1) is 16.1 Å². The van der Waals surface area contributed by atoms with Gasteiger partial charge in [0.1, 0.15) is 11.6 Å². The first kappa shape index (κ1) is 18.5. The Kier molecular flexibility index (Phi) is 5.45. The Labute approximate surface area is 141 Å². The van der Waals surface area contributed by atoms with Gasteiger partial charge in [-0.25, -0.2) is 27.1 Å². The van der Waals surface area contributed by atoms with Crippen LogP contribution in [0.4, 0.5) is 14.5 Å². The molecule has 0 aliphatic rings. The highest BCUT2D eigenvalue weighted by Gasteiger charge is 2.14. The molecule has 0 saturated carbocycles. The van der Waals surface area contributed by atoms with E-state index >= 15 is 0 Å². The molecule has 2 aromatic carbocycles. The van der Waals surface area contributed by atoms with Crippen molar-refractivity contribution in [3.8, 4) is 0 Å². The molecule has 3 N–H and O–H groups in total. The number of anilines is 1. The van der Waals surface area contributed by atoms with Crippen molar-refractivity contribution < 1.29 is 31.5 Å². The van der Waals surface area contributed by atoms with E-state index in [1.807, 2.05) is 0 Å². The van der Waals surface area contributed by atoms with Gasteiger partial charge in [-0.3, -0.25) is 4.79 Å². The second kappa shape index (κ2) is 7.36. The normalized spacial score (nSPS) is 11.0. The summed E-state index contributed by atoms with van der Waals surface area (Å²) >= 11 is 0. The first-order valence-electron chi connectivity index (χ1n) is 6.72. The summed E-state index contributed by atoms with van der Waals surface area (Å²) in [6, 6.07) is 7.03. The predicted octanol–water partition coefficient (Wildman–Crippen LogP) is 1.41. The summed E-state index contributed by atoms with van der Waals surface area (Å²) in [5, 5.41) is 6.98. The number of hydrogen-bond donors (Lipinski definition) is 2. The minimum Gasteiger partial charge on any atom is -0.452 e. The van der Waals surface area contributed by atoms with Gasteiger partial charge < -0.3 is 10.1 Å². The van der Waals surface area contributed by atoms with Crippen molar-refractivity contribution >= 4 is 27.6 Å². The molecule has 0 heterocycles. The second-order valence-corrected chi connectivity index (χ2v) is 6.38. The van der Waals surface area contributed by atoms with Crippen LogP contribution in [-0.2, 0) is 19.6 Å². The van der Waals surface area contributed by atoms with Crippen LogP contribution in [0.15, 0.2) is 47.4 Å². The lowest BCUT2D eigenvalue weighted by Crippen LogP contribution is -2.21. The number of ether oxygens (including phenoxy) is 1. The van der Waals surface area contributed by atoms with Crippen molar-refractivity contribution in [2.45, 2.75) is 4.90 Å². The van der Waals surface area contributed by atoms with Crippen molar-refractivity contribution in [3.63, 3.8) is 0 Å². The monoisotopic (exact) mass is 370 g/mol. The van der Waals surface area contributed by atoms with Gasteiger partial charge >= 0.3 is 5.97 Å². The van der Waals surface area contributed by atoms with Crippen LogP contribution >= 0.6 is 0 Å². The summed E-state index contributed by atoms with van der Waals surface area (Å²) in [5.74, 6) is -3.38. The van der Waals surface area contributed by atoms with Crippen molar-refractivity contribution in [1.29, 1.82) is 0 Å². The molecule has 0 radical (unpaired) electrons. The van der Waals surface area contributed by atoms with E-state index in [0.29, 0.717) is 0 Å². The SMILES string of the molecule is NS(=O)(=O)c1ccc(C(=O)OCC(=O)Nc2cc(F)ccc2F)cc1. The van der Waals surface area contributed by atoms with E-state index < -0.39 is 45.8 Å². The largest absolute Gasteiger partial charge is 0.452 e. The zero-order chi connectivity index (χ0) is 18.6. The van der Waals surface area contributed by atoms with Crippen LogP contribution in [-0.4, -0.2) is 26.9 Å². The van der Waals surface area contributed by atoms with Crippen molar-refractivity contribution in [2.75, 3.05) is 11.9 Å². The van der Waals surface area contributed by atoms with E-state index in [2.05, 4.69) is 5.32 Å². The number of hydrogen-bond acceptors (Lipinski definition) is 5. The predicted molar refractivity (Wildman–Crippen MR) is 83.1 cm³/mol. The molecule has 0 spiro atoms. The Balaban J connectivity index is 1.95. The van der Waals surface area contributed by atoms with Gasteiger partial charge in [-0.1, -0.05) is 0 Å². The lowest BCUT2D eigenvalue weighted by Gasteiger charge is -2.08. The molecule has 0 aliphatic carbocycles. The maximum atomic E-state index is 13.4. The van der Waals surface area contributed by atoms with E-state index in [1.165, 1.54) is 0 Å². The molecule has 10 heteroatoms. The minimum atomic E-state index is -3.90. The van der Waals surface area contributed by atoms with E-state index in [0.717, 1.165) is 42.5 Å². The molecule has 1 amide bonds. The number of carbonyl (C=O) groups is 2. The zero-order valence-electron chi connectivity index (χ0n) is 12.5. The topological polar surface area (TPSA) is 116 Å². The molecular weight excluding hydrogens is 358 g/mol. The van der Waals surface area contributed by atoms with Gasteiger partial charge in [-0.05, 0) is 36.4 Å². The van der Waals surface area contributed by atoms with Gasteiger partial charge in [0.15, 0.2) is 6.61 Å². The number of sulfonamides is 1. The first-order valence-corrected chi connectivity index (χ1v) is 8.26. The average Bonchev–Trinajstić information content (AvgIpc) is 2.55. The van der Waals surface area contributed by atoms with Crippen LogP contribution in [0, 0.1) is 11.6 Å². The van der Waals surface area contributed by atoms with E-state index in [9.17, 15) is 26.8 Å². The molecule has 7 nitrogen and oxygen atoms in total. The maximum Gasteiger partial charge on any atom is 0.338 e. The van der Waals surface area contributed by atoms with Gasteiger partial charge in [0.2, 0.25) is 10.0 Å². The highest BCUT2D eigenvalue weighted by Crippen LogP contribution is 2.15. The zero-order valence-corrected chi connectivity index (χ0v) is 13.3. The third-order valence-corrected chi connectivity index (χ3v) is 3.88. The molecule has 2 rings (SSSR count). The van der Waals surface area contributed by atoms with Crippen LogP contribution in [0.2, 0.25) is 0 Å². The summed E-state index contributed by atoms with van der Waals surface area (Å²) in [6.45, 7) is -0.744. The third-order valence-electron chi connectivity index (χ3n) is 2.96. The highest BCUT2D eigenvalue weighted by molar-refractivity contribution is 7.89. The van der Waals surface area contributed by atoms with Crippen molar-refractivity contribution in [3.05, 3.63) is 59.7 Å². The fourth-order valence-corrected chi connectivity index (χ4v) is 2.29. The second-order valence-electron chi connectivity index (χ2n) is 4.82. The highest BCUT2D eigenvalue weighted by atomic mass is 32.2. The molecule has 0 aromatic heterocycles. The van der Waals surface area contributed by atoms with Crippen LogP contribution in [0.5, 0.6) is 0 Å².